The topological polar surface area (TPSA) is 47.9 Å². The maximum absolute atomic E-state index is 12.5. The molecule has 0 radical (unpaired) electrons. The van der Waals surface area contributed by atoms with Crippen molar-refractivity contribution in [1.29, 1.82) is 0 Å². The summed E-state index contributed by atoms with van der Waals surface area (Å²) in [6.07, 6.45) is 3.94. The minimum absolute atomic E-state index is 0.0255. The Balaban J connectivity index is 1.36. The van der Waals surface area contributed by atoms with Gasteiger partial charge in [0.2, 0.25) is 0 Å². The molecule has 0 unspecified atom stereocenters. The number of nitrogens with zero attached hydrogens (tertiary/aromatic N) is 1. The molecule has 4 aromatic carbocycles. The lowest BCUT2D eigenvalue weighted by molar-refractivity contribution is 0.0734. The van der Waals surface area contributed by atoms with Crippen molar-refractivity contribution in [3.8, 4) is 11.5 Å². The van der Waals surface area contributed by atoms with E-state index in [1.165, 1.54) is 16.3 Å². The minimum Gasteiger partial charge on any atom is -0.494 e. The predicted octanol–water partition coefficient (Wildman–Crippen LogP) is 7.42. The van der Waals surface area contributed by atoms with Crippen molar-refractivity contribution >= 4 is 23.0 Å². The summed E-state index contributed by atoms with van der Waals surface area (Å²) in [5.74, 6) is 0.852. The molecule has 4 rings (SSSR count). The minimum atomic E-state index is -0.397. The molecule has 4 aromatic rings. The number of esters is 1. The molecule has 0 heterocycles. The van der Waals surface area contributed by atoms with E-state index in [0.29, 0.717) is 17.9 Å². The molecule has 4 heteroatoms. The third kappa shape index (κ3) is 5.90. The molecule has 34 heavy (non-hydrogen) atoms. The van der Waals surface area contributed by atoms with Gasteiger partial charge in [0.1, 0.15) is 11.5 Å². The van der Waals surface area contributed by atoms with Gasteiger partial charge >= 0.3 is 5.97 Å². The fourth-order valence-corrected chi connectivity index (χ4v) is 3.70. The van der Waals surface area contributed by atoms with Gasteiger partial charge in [-0.2, -0.15) is 0 Å². The summed E-state index contributed by atoms with van der Waals surface area (Å²) in [7, 11) is 0. The van der Waals surface area contributed by atoms with Crippen LogP contribution in [0.25, 0.3) is 10.8 Å². The number of aliphatic imine (C=N–C) groups is 1. The zero-order valence-electron chi connectivity index (χ0n) is 19.6. The van der Waals surface area contributed by atoms with Gasteiger partial charge < -0.3 is 9.47 Å². The van der Waals surface area contributed by atoms with E-state index in [1.54, 1.807) is 36.4 Å². The molecule has 0 spiro atoms. The average Bonchev–Trinajstić information content (AvgIpc) is 2.88. The van der Waals surface area contributed by atoms with Gasteiger partial charge in [-0.25, -0.2) is 4.79 Å². The van der Waals surface area contributed by atoms with Gasteiger partial charge in [0, 0.05) is 6.21 Å². The lowest BCUT2D eigenvalue weighted by Crippen LogP contribution is -2.08. The molecular weight excluding hydrogens is 422 g/mol. The van der Waals surface area contributed by atoms with E-state index >= 15 is 0 Å². The summed E-state index contributed by atoms with van der Waals surface area (Å²) in [4.78, 5) is 17.2. The lowest BCUT2D eigenvalue weighted by atomic mass is 10.00. The van der Waals surface area contributed by atoms with E-state index in [1.807, 2.05) is 24.4 Å². The van der Waals surface area contributed by atoms with Crippen molar-refractivity contribution in [2.24, 2.45) is 4.99 Å². The SMILES string of the molecule is CCCCOc1ccc(C(=O)Oc2ccc(C=N[C@H](C)c3cccc4ccccc34)cc2)cc1. The van der Waals surface area contributed by atoms with E-state index in [-0.39, 0.29) is 6.04 Å². The van der Waals surface area contributed by atoms with Crippen LogP contribution in [0.5, 0.6) is 11.5 Å². The predicted molar refractivity (Wildman–Crippen MR) is 138 cm³/mol. The molecule has 0 amide bonds. The first-order valence-electron chi connectivity index (χ1n) is 11.7. The quantitative estimate of drug-likeness (QED) is 0.115. The molecule has 1 atom stereocenters. The molecule has 172 valence electrons. The monoisotopic (exact) mass is 451 g/mol. The summed E-state index contributed by atoms with van der Waals surface area (Å²) >= 11 is 0. The number of carbonyl (C=O) groups is 1. The third-order valence-corrected chi connectivity index (χ3v) is 5.67. The number of hydrogen-bond acceptors (Lipinski definition) is 4. The molecule has 0 aliphatic heterocycles. The van der Waals surface area contributed by atoms with E-state index in [2.05, 4.69) is 50.2 Å². The standard InChI is InChI=1S/C30H29NO3/c1-3-4-20-33-26-18-14-25(15-19-26)30(32)34-27-16-12-23(13-17-27)21-31-22(2)28-11-7-9-24-8-5-6-10-29(24)28/h5-19,21-22H,3-4,20H2,1-2H3/t22-/m1/s1. The van der Waals surface area contributed by atoms with Crippen molar-refractivity contribution in [3.63, 3.8) is 0 Å². The molecular formula is C30H29NO3. The van der Waals surface area contributed by atoms with Crippen LogP contribution in [0, 0.1) is 0 Å². The Bertz CT molecular complexity index is 1260. The number of hydrogen-bond donors (Lipinski definition) is 0. The van der Waals surface area contributed by atoms with E-state index in [0.717, 1.165) is 24.2 Å². The lowest BCUT2D eigenvalue weighted by Gasteiger charge is -2.10. The Morgan fingerprint density at radius 1 is 0.882 bits per heavy atom. The van der Waals surface area contributed by atoms with Gasteiger partial charge in [0.15, 0.2) is 0 Å². The number of fused-ring (bicyclic) bond motifs is 1. The second-order valence-corrected chi connectivity index (χ2v) is 8.21. The van der Waals surface area contributed by atoms with Crippen LogP contribution in [-0.2, 0) is 0 Å². The van der Waals surface area contributed by atoms with Crippen LogP contribution < -0.4 is 9.47 Å². The molecule has 0 N–H and O–H groups in total. The first-order chi connectivity index (χ1) is 16.6. The first kappa shape index (κ1) is 23.2. The highest BCUT2D eigenvalue weighted by Gasteiger charge is 2.10. The van der Waals surface area contributed by atoms with E-state index in [9.17, 15) is 4.79 Å². The summed E-state index contributed by atoms with van der Waals surface area (Å²) < 4.78 is 11.1. The van der Waals surface area contributed by atoms with Gasteiger partial charge in [0.25, 0.3) is 0 Å². The van der Waals surface area contributed by atoms with Gasteiger partial charge in [-0.1, -0.05) is 55.8 Å². The summed E-state index contributed by atoms with van der Waals surface area (Å²) in [6.45, 7) is 4.89. The van der Waals surface area contributed by atoms with Crippen LogP contribution in [0.1, 0.15) is 54.2 Å². The Morgan fingerprint density at radius 3 is 2.35 bits per heavy atom. The Kier molecular flexibility index (Phi) is 7.71. The number of benzene rings is 4. The van der Waals surface area contributed by atoms with Crippen LogP contribution >= 0.6 is 0 Å². The first-order valence-corrected chi connectivity index (χ1v) is 11.7. The van der Waals surface area contributed by atoms with Gasteiger partial charge in [0.05, 0.1) is 18.2 Å². The Labute approximate surface area is 200 Å². The van der Waals surface area contributed by atoms with Crippen LogP contribution in [0.2, 0.25) is 0 Å². The number of ether oxygens (including phenoxy) is 2. The number of unbranched alkanes of at least 4 members (excludes halogenated alkanes) is 1. The molecule has 0 saturated heterocycles. The largest absolute Gasteiger partial charge is 0.494 e. The van der Waals surface area contributed by atoms with Gasteiger partial charge in [-0.15, -0.1) is 0 Å². The summed E-state index contributed by atoms with van der Waals surface area (Å²) in [5.41, 5.74) is 2.62. The van der Waals surface area contributed by atoms with Crippen molar-refractivity contribution in [1.82, 2.24) is 0 Å². The molecule has 0 bridgehead atoms. The summed E-state index contributed by atoms with van der Waals surface area (Å²) in [6, 6.07) is 29.1. The fourth-order valence-electron chi connectivity index (χ4n) is 3.70. The smallest absolute Gasteiger partial charge is 0.343 e. The summed E-state index contributed by atoms with van der Waals surface area (Å²) in [5, 5.41) is 2.43. The molecule has 4 nitrogen and oxygen atoms in total. The third-order valence-electron chi connectivity index (χ3n) is 5.67. The molecule has 0 fully saturated rings. The Morgan fingerprint density at radius 2 is 1.59 bits per heavy atom. The zero-order chi connectivity index (χ0) is 23.8. The maximum Gasteiger partial charge on any atom is 0.343 e. The fraction of sp³-hybridized carbons (Fsp3) is 0.200. The number of carbonyl (C=O) groups excluding carboxylic acids is 1. The highest BCUT2D eigenvalue weighted by molar-refractivity contribution is 5.91. The van der Waals surface area contributed by atoms with Crippen LogP contribution in [0.3, 0.4) is 0 Å². The van der Waals surface area contributed by atoms with Crippen molar-refractivity contribution in [2.45, 2.75) is 32.7 Å². The van der Waals surface area contributed by atoms with E-state index < -0.39 is 5.97 Å². The van der Waals surface area contributed by atoms with E-state index in [4.69, 9.17) is 14.5 Å². The molecule has 0 aliphatic carbocycles. The normalized spacial score (nSPS) is 12.1. The average molecular weight is 452 g/mol. The second kappa shape index (κ2) is 11.3. The van der Waals surface area contributed by atoms with Crippen LogP contribution in [-0.4, -0.2) is 18.8 Å². The van der Waals surface area contributed by atoms with Crippen LogP contribution in [0.15, 0.2) is 96.0 Å². The van der Waals surface area contributed by atoms with Gasteiger partial charge in [-0.3, -0.25) is 4.99 Å². The Hall–Kier alpha value is -3.92. The highest BCUT2D eigenvalue weighted by atomic mass is 16.5. The van der Waals surface area contributed by atoms with Crippen LogP contribution in [0.4, 0.5) is 0 Å². The highest BCUT2D eigenvalue weighted by Crippen LogP contribution is 2.26. The van der Waals surface area contributed by atoms with Crippen molar-refractivity contribution in [3.05, 3.63) is 108 Å². The van der Waals surface area contributed by atoms with Gasteiger partial charge in [-0.05, 0) is 83.8 Å². The number of rotatable bonds is 9. The van der Waals surface area contributed by atoms with Crippen molar-refractivity contribution < 1.29 is 14.3 Å². The maximum atomic E-state index is 12.5. The second-order valence-electron chi connectivity index (χ2n) is 8.21. The zero-order valence-corrected chi connectivity index (χ0v) is 19.6. The molecule has 0 aliphatic rings. The molecule has 0 aromatic heterocycles. The van der Waals surface area contributed by atoms with Crippen molar-refractivity contribution in [2.75, 3.05) is 6.61 Å². The molecule has 0 saturated carbocycles.